The Bertz CT molecular complexity index is 1160. The van der Waals surface area contributed by atoms with Crippen LogP contribution in [0.1, 0.15) is 26.3 Å². The molecule has 0 aliphatic heterocycles. The summed E-state index contributed by atoms with van der Waals surface area (Å²) in [4.78, 5) is 25.7. The number of amides is 2. The fourth-order valence-electron chi connectivity index (χ4n) is 3.28. The van der Waals surface area contributed by atoms with Crippen molar-refractivity contribution < 1.29 is 9.59 Å². The first kappa shape index (κ1) is 18.4. The van der Waals surface area contributed by atoms with E-state index in [-0.39, 0.29) is 11.8 Å². The van der Waals surface area contributed by atoms with Crippen LogP contribution < -0.4 is 10.6 Å². The van der Waals surface area contributed by atoms with Crippen molar-refractivity contribution in [3.63, 3.8) is 0 Å². The summed E-state index contributed by atoms with van der Waals surface area (Å²) in [5, 5.41) is 7.83. The molecule has 4 aromatic rings. The van der Waals surface area contributed by atoms with Crippen LogP contribution in [0.3, 0.4) is 0 Å². The zero-order valence-corrected chi connectivity index (χ0v) is 15.8. The normalized spacial score (nSPS) is 10.5. The van der Waals surface area contributed by atoms with E-state index in [2.05, 4.69) is 10.6 Å². The fraction of sp³-hybridized carbons (Fsp3) is 0.0400. The third-order valence-electron chi connectivity index (χ3n) is 4.75. The van der Waals surface area contributed by atoms with Gasteiger partial charge < -0.3 is 10.6 Å². The molecule has 0 heterocycles. The smallest absolute Gasteiger partial charge is 0.256 e. The van der Waals surface area contributed by atoms with Crippen LogP contribution in [0.15, 0.2) is 97.1 Å². The van der Waals surface area contributed by atoms with Crippen molar-refractivity contribution in [1.82, 2.24) is 5.32 Å². The molecular weight excluding hydrogens is 360 g/mol. The van der Waals surface area contributed by atoms with Crippen LogP contribution in [0.25, 0.3) is 10.8 Å². The molecule has 0 unspecified atom stereocenters. The van der Waals surface area contributed by atoms with E-state index in [1.165, 1.54) is 0 Å². The summed E-state index contributed by atoms with van der Waals surface area (Å²) in [5.41, 5.74) is 2.40. The molecule has 2 N–H and O–H groups in total. The molecule has 0 aliphatic carbocycles. The SMILES string of the molecule is O=C(NCc1ccccc1)c1ccccc1C(=O)Nc1cccc2ccccc12. The minimum atomic E-state index is -0.313. The predicted octanol–water partition coefficient (Wildman–Crippen LogP) is 5.02. The molecule has 0 saturated heterocycles. The lowest BCUT2D eigenvalue weighted by molar-refractivity contribution is 0.0938. The summed E-state index contributed by atoms with van der Waals surface area (Å²) in [6.45, 7) is 0.402. The van der Waals surface area contributed by atoms with Crippen LogP contribution in [-0.4, -0.2) is 11.8 Å². The maximum absolute atomic E-state index is 13.0. The minimum absolute atomic E-state index is 0.280. The number of rotatable bonds is 5. The van der Waals surface area contributed by atoms with Crippen molar-refractivity contribution in [3.8, 4) is 0 Å². The molecule has 2 amide bonds. The van der Waals surface area contributed by atoms with E-state index < -0.39 is 0 Å². The average molecular weight is 380 g/mol. The van der Waals surface area contributed by atoms with Crippen molar-refractivity contribution >= 4 is 28.3 Å². The Kier molecular flexibility index (Phi) is 5.34. The van der Waals surface area contributed by atoms with E-state index in [4.69, 9.17) is 0 Å². The van der Waals surface area contributed by atoms with Crippen molar-refractivity contribution in [2.75, 3.05) is 5.32 Å². The highest BCUT2D eigenvalue weighted by atomic mass is 16.2. The Morgan fingerprint density at radius 3 is 2.03 bits per heavy atom. The Morgan fingerprint density at radius 2 is 1.24 bits per heavy atom. The molecule has 0 bridgehead atoms. The van der Waals surface area contributed by atoms with Gasteiger partial charge in [-0.25, -0.2) is 0 Å². The number of nitrogens with one attached hydrogen (secondary N) is 2. The number of carbonyl (C=O) groups is 2. The van der Waals surface area contributed by atoms with Gasteiger partial charge in [0.25, 0.3) is 11.8 Å². The van der Waals surface area contributed by atoms with Crippen LogP contribution >= 0.6 is 0 Å². The van der Waals surface area contributed by atoms with Gasteiger partial charge >= 0.3 is 0 Å². The standard InChI is InChI=1S/C25H20N2O2/c28-24(26-17-18-9-2-1-3-10-18)21-14-6-7-15-22(21)25(29)27-23-16-8-12-19-11-4-5-13-20(19)23/h1-16H,17H2,(H,26,28)(H,27,29). The van der Waals surface area contributed by atoms with E-state index in [0.29, 0.717) is 23.4 Å². The van der Waals surface area contributed by atoms with E-state index in [1.54, 1.807) is 24.3 Å². The summed E-state index contributed by atoms with van der Waals surface area (Å²) in [5.74, 6) is -0.593. The number of anilines is 1. The number of carbonyl (C=O) groups excluding carboxylic acids is 2. The van der Waals surface area contributed by atoms with E-state index in [1.807, 2.05) is 72.8 Å². The highest BCUT2D eigenvalue weighted by Crippen LogP contribution is 2.24. The Morgan fingerprint density at radius 1 is 0.621 bits per heavy atom. The topological polar surface area (TPSA) is 58.2 Å². The Hall–Kier alpha value is -3.92. The zero-order valence-electron chi connectivity index (χ0n) is 15.8. The van der Waals surface area contributed by atoms with E-state index in [0.717, 1.165) is 16.3 Å². The quantitative estimate of drug-likeness (QED) is 0.511. The van der Waals surface area contributed by atoms with Crippen molar-refractivity contribution in [2.24, 2.45) is 0 Å². The maximum Gasteiger partial charge on any atom is 0.256 e. The molecule has 4 rings (SSSR count). The Labute approximate surface area is 169 Å². The monoisotopic (exact) mass is 380 g/mol. The first-order valence-corrected chi connectivity index (χ1v) is 9.42. The third kappa shape index (κ3) is 4.17. The van der Waals surface area contributed by atoms with Crippen LogP contribution in [0, 0.1) is 0 Å². The number of fused-ring (bicyclic) bond motifs is 1. The van der Waals surface area contributed by atoms with Gasteiger partial charge in [0.2, 0.25) is 0 Å². The lowest BCUT2D eigenvalue weighted by Crippen LogP contribution is -2.26. The molecule has 4 aromatic carbocycles. The van der Waals surface area contributed by atoms with Crippen LogP contribution in [-0.2, 0) is 6.54 Å². The van der Waals surface area contributed by atoms with Crippen molar-refractivity contribution in [3.05, 3.63) is 114 Å². The van der Waals surface area contributed by atoms with Gasteiger partial charge in [0.1, 0.15) is 0 Å². The molecule has 29 heavy (non-hydrogen) atoms. The molecular formula is C25H20N2O2. The molecule has 0 aliphatic rings. The molecule has 0 aromatic heterocycles. The van der Waals surface area contributed by atoms with Gasteiger partial charge in [-0.05, 0) is 29.1 Å². The van der Waals surface area contributed by atoms with Gasteiger partial charge in [0.05, 0.1) is 11.1 Å². The largest absolute Gasteiger partial charge is 0.348 e. The Balaban J connectivity index is 1.55. The highest BCUT2D eigenvalue weighted by molar-refractivity contribution is 6.14. The predicted molar refractivity (Wildman–Crippen MR) is 116 cm³/mol. The second-order valence-electron chi connectivity index (χ2n) is 6.69. The number of hydrogen-bond acceptors (Lipinski definition) is 2. The van der Waals surface area contributed by atoms with Gasteiger partial charge in [-0.2, -0.15) is 0 Å². The minimum Gasteiger partial charge on any atom is -0.348 e. The molecule has 0 atom stereocenters. The molecule has 0 fully saturated rings. The average Bonchev–Trinajstić information content (AvgIpc) is 2.78. The molecule has 4 heteroatoms. The summed E-state index contributed by atoms with van der Waals surface area (Å²) in [7, 11) is 0. The maximum atomic E-state index is 13.0. The lowest BCUT2D eigenvalue weighted by atomic mass is 10.0. The van der Waals surface area contributed by atoms with Crippen molar-refractivity contribution in [2.45, 2.75) is 6.54 Å². The second-order valence-corrected chi connectivity index (χ2v) is 6.69. The van der Waals surface area contributed by atoms with E-state index in [9.17, 15) is 9.59 Å². The summed E-state index contributed by atoms with van der Waals surface area (Å²) < 4.78 is 0. The van der Waals surface area contributed by atoms with Gasteiger partial charge in [-0.15, -0.1) is 0 Å². The highest BCUT2D eigenvalue weighted by Gasteiger charge is 2.17. The number of benzene rings is 4. The summed E-state index contributed by atoms with van der Waals surface area (Å²) in [6, 6.07) is 30.1. The summed E-state index contributed by atoms with van der Waals surface area (Å²) >= 11 is 0. The third-order valence-corrected chi connectivity index (χ3v) is 4.75. The molecule has 0 spiro atoms. The van der Waals surface area contributed by atoms with Crippen molar-refractivity contribution in [1.29, 1.82) is 0 Å². The number of hydrogen-bond donors (Lipinski definition) is 2. The van der Waals surface area contributed by atoms with E-state index >= 15 is 0 Å². The molecule has 142 valence electrons. The van der Waals surface area contributed by atoms with Gasteiger partial charge in [-0.1, -0.05) is 78.9 Å². The van der Waals surface area contributed by atoms with Crippen LogP contribution in [0.2, 0.25) is 0 Å². The van der Waals surface area contributed by atoms with Crippen LogP contribution in [0.5, 0.6) is 0 Å². The first-order valence-electron chi connectivity index (χ1n) is 9.42. The fourth-order valence-corrected chi connectivity index (χ4v) is 3.28. The van der Waals surface area contributed by atoms with Gasteiger partial charge in [-0.3, -0.25) is 9.59 Å². The molecule has 0 saturated carbocycles. The molecule has 0 radical (unpaired) electrons. The van der Waals surface area contributed by atoms with Gasteiger partial charge in [0, 0.05) is 17.6 Å². The zero-order chi connectivity index (χ0) is 20.1. The summed E-state index contributed by atoms with van der Waals surface area (Å²) in [6.07, 6.45) is 0. The van der Waals surface area contributed by atoms with Crippen LogP contribution in [0.4, 0.5) is 5.69 Å². The lowest BCUT2D eigenvalue weighted by Gasteiger charge is -2.12. The van der Waals surface area contributed by atoms with Gasteiger partial charge in [0.15, 0.2) is 0 Å². The second kappa shape index (κ2) is 8.40. The first-order chi connectivity index (χ1) is 14.2. The molecule has 4 nitrogen and oxygen atoms in total.